The number of hydrogen-bond acceptors (Lipinski definition) is 5. The molecule has 1 N–H and O–H groups in total. The number of carbonyl (C=O) groups is 2. The third-order valence-electron chi connectivity index (χ3n) is 5.73. The molecule has 0 aromatic heterocycles. The van der Waals surface area contributed by atoms with Crippen molar-refractivity contribution in [2.75, 3.05) is 30.8 Å². The molecular weight excluding hydrogens is 502 g/mol. The van der Waals surface area contributed by atoms with Crippen molar-refractivity contribution in [1.82, 2.24) is 10.2 Å². The highest BCUT2D eigenvalue weighted by atomic mass is 35.5. The molecule has 0 spiro atoms. The molecule has 8 nitrogen and oxygen atoms in total. The van der Waals surface area contributed by atoms with Gasteiger partial charge in [0.2, 0.25) is 21.8 Å². The quantitative estimate of drug-likeness (QED) is 0.414. The Morgan fingerprint density at radius 1 is 1.17 bits per heavy atom. The second-order valence-electron chi connectivity index (χ2n) is 8.74. The van der Waals surface area contributed by atoms with Gasteiger partial charge < -0.3 is 15.0 Å². The van der Waals surface area contributed by atoms with Crippen molar-refractivity contribution < 1.29 is 22.7 Å². The van der Waals surface area contributed by atoms with E-state index in [1.807, 2.05) is 38.1 Å². The van der Waals surface area contributed by atoms with Gasteiger partial charge >= 0.3 is 0 Å². The van der Waals surface area contributed by atoms with Gasteiger partial charge in [0.1, 0.15) is 11.8 Å². The van der Waals surface area contributed by atoms with E-state index >= 15 is 0 Å². The smallest absolute Gasteiger partial charge is 0.242 e. The lowest BCUT2D eigenvalue weighted by atomic mass is 10.1. The van der Waals surface area contributed by atoms with Gasteiger partial charge in [-0.15, -0.1) is 0 Å². The average molecular weight is 538 g/mol. The monoisotopic (exact) mass is 537 g/mol. The molecular formula is C26H36ClN3O5S. The van der Waals surface area contributed by atoms with E-state index in [-0.39, 0.29) is 42.8 Å². The van der Waals surface area contributed by atoms with Gasteiger partial charge in [-0.2, -0.15) is 0 Å². The number of amides is 2. The normalized spacial score (nSPS) is 12.1. The standard InChI is InChI=1S/C26H36ClN3O5S/c1-6-14-28-26(32)20(3)29(18-21-10-7-9-19(2)16-21)25(31)11-8-15-30(36(5,33)34)22-12-13-24(35-4)23(27)17-22/h7,9-10,12-13,16-17,20H,6,8,11,14-15,18H2,1-5H3,(H,28,32)/t20-/m0/s1. The lowest BCUT2D eigenvalue weighted by Gasteiger charge is -2.29. The number of anilines is 1. The fourth-order valence-electron chi connectivity index (χ4n) is 3.80. The molecule has 10 heteroatoms. The molecule has 0 aliphatic carbocycles. The first-order chi connectivity index (χ1) is 17.0. The summed E-state index contributed by atoms with van der Waals surface area (Å²) in [7, 11) is -2.14. The predicted molar refractivity (Wildman–Crippen MR) is 144 cm³/mol. The van der Waals surface area contributed by atoms with Crippen molar-refractivity contribution in [3.05, 3.63) is 58.6 Å². The zero-order valence-corrected chi connectivity index (χ0v) is 23.2. The Bertz CT molecular complexity index is 1160. The number of nitrogens with one attached hydrogen (secondary N) is 1. The van der Waals surface area contributed by atoms with E-state index in [1.54, 1.807) is 24.0 Å². The van der Waals surface area contributed by atoms with Crippen LogP contribution in [0, 0.1) is 6.92 Å². The Hall–Kier alpha value is -2.78. The molecule has 0 saturated carbocycles. The van der Waals surface area contributed by atoms with Crippen LogP contribution in [0.4, 0.5) is 5.69 Å². The topological polar surface area (TPSA) is 96.0 Å². The maximum absolute atomic E-state index is 13.3. The van der Waals surface area contributed by atoms with Gasteiger partial charge in [-0.1, -0.05) is 48.4 Å². The second-order valence-corrected chi connectivity index (χ2v) is 11.0. The number of ether oxygens (including phenoxy) is 1. The van der Waals surface area contributed by atoms with Crippen LogP contribution in [-0.2, 0) is 26.2 Å². The first kappa shape index (κ1) is 29.5. The highest BCUT2D eigenvalue weighted by Gasteiger charge is 2.26. The number of halogens is 1. The molecule has 2 aromatic carbocycles. The van der Waals surface area contributed by atoms with Crippen LogP contribution in [0.5, 0.6) is 5.75 Å². The maximum Gasteiger partial charge on any atom is 0.242 e. The maximum atomic E-state index is 13.3. The van der Waals surface area contributed by atoms with Crippen LogP contribution >= 0.6 is 11.6 Å². The van der Waals surface area contributed by atoms with Gasteiger partial charge in [0.05, 0.1) is 24.1 Å². The first-order valence-corrected chi connectivity index (χ1v) is 14.1. The number of hydrogen-bond donors (Lipinski definition) is 1. The zero-order valence-electron chi connectivity index (χ0n) is 21.6. The summed E-state index contributed by atoms with van der Waals surface area (Å²) in [5.74, 6) is -0.00784. The van der Waals surface area contributed by atoms with Crippen LogP contribution in [0.25, 0.3) is 0 Å². The molecule has 198 valence electrons. The van der Waals surface area contributed by atoms with Gasteiger partial charge in [0.15, 0.2) is 0 Å². The van der Waals surface area contributed by atoms with E-state index < -0.39 is 16.1 Å². The molecule has 1 atom stereocenters. The Morgan fingerprint density at radius 2 is 1.89 bits per heavy atom. The lowest BCUT2D eigenvalue weighted by molar-refractivity contribution is -0.140. The van der Waals surface area contributed by atoms with Crippen LogP contribution in [0.15, 0.2) is 42.5 Å². The highest BCUT2D eigenvalue weighted by Crippen LogP contribution is 2.30. The number of benzene rings is 2. The van der Waals surface area contributed by atoms with Gasteiger partial charge in [-0.25, -0.2) is 8.42 Å². The molecule has 0 aliphatic heterocycles. The predicted octanol–water partition coefficient (Wildman–Crippen LogP) is 4.15. The van der Waals surface area contributed by atoms with Crippen LogP contribution in [-0.4, -0.2) is 57.6 Å². The number of rotatable bonds is 13. The minimum absolute atomic E-state index is 0.0765. The van der Waals surface area contributed by atoms with Crippen LogP contribution in [0.3, 0.4) is 0 Å². The Kier molecular flexibility index (Phi) is 11.0. The molecule has 2 amide bonds. The summed E-state index contributed by atoms with van der Waals surface area (Å²) in [6, 6.07) is 11.8. The summed E-state index contributed by atoms with van der Waals surface area (Å²) in [5, 5.41) is 3.14. The number of aryl methyl sites for hydroxylation is 1. The average Bonchev–Trinajstić information content (AvgIpc) is 2.82. The number of nitrogens with zero attached hydrogens (tertiary/aromatic N) is 2. The van der Waals surface area contributed by atoms with Crippen molar-refractivity contribution in [2.45, 2.75) is 52.6 Å². The number of carbonyl (C=O) groups excluding carboxylic acids is 2. The fourth-order valence-corrected chi connectivity index (χ4v) is 5.01. The molecule has 2 rings (SSSR count). The molecule has 0 unspecified atom stereocenters. The number of sulfonamides is 1. The molecule has 0 heterocycles. The Balaban J connectivity index is 2.18. The van der Waals surface area contributed by atoms with E-state index in [1.165, 1.54) is 17.5 Å². The summed E-state index contributed by atoms with van der Waals surface area (Å²) in [6.07, 6.45) is 2.24. The van der Waals surface area contributed by atoms with E-state index in [4.69, 9.17) is 16.3 Å². The van der Waals surface area contributed by atoms with E-state index in [9.17, 15) is 18.0 Å². The molecule has 0 radical (unpaired) electrons. The first-order valence-electron chi connectivity index (χ1n) is 11.9. The second kappa shape index (κ2) is 13.5. The molecule has 0 bridgehead atoms. The largest absolute Gasteiger partial charge is 0.495 e. The third-order valence-corrected chi connectivity index (χ3v) is 7.22. The van der Waals surface area contributed by atoms with E-state index in [0.29, 0.717) is 18.0 Å². The summed E-state index contributed by atoms with van der Waals surface area (Å²) in [6.45, 7) is 6.54. The van der Waals surface area contributed by atoms with E-state index in [2.05, 4.69) is 5.32 Å². The minimum Gasteiger partial charge on any atom is -0.495 e. The summed E-state index contributed by atoms with van der Waals surface area (Å²) < 4.78 is 31.3. The minimum atomic E-state index is -3.62. The highest BCUT2D eigenvalue weighted by molar-refractivity contribution is 7.92. The lowest BCUT2D eigenvalue weighted by Crippen LogP contribution is -2.47. The van der Waals surface area contributed by atoms with Crippen LogP contribution < -0.4 is 14.4 Å². The van der Waals surface area contributed by atoms with Crippen molar-refractivity contribution in [2.24, 2.45) is 0 Å². The van der Waals surface area contributed by atoms with Gasteiger partial charge in [0.25, 0.3) is 0 Å². The molecule has 36 heavy (non-hydrogen) atoms. The summed E-state index contributed by atoms with van der Waals surface area (Å²) in [5.41, 5.74) is 2.37. The summed E-state index contributed by atoms with van der Waals surface area (Å²) >= 11 is 6.19. The zero-order chi connectivity index (χ0) is 26.9. The van der Waals surface area contributed by atoms with Gasteiger partial charge in [-0.05, 0) is 50.5 Å². The number of methoxy groups -OCH3 is 1. The SMILES string of the molecule is CCCNC(=O)[C@H](C)N(Cc1cccc(C)c1)C(=O)CCCN(c1ccc(OC)c(Cl)c1)S(C)(=O)=O. The van der Waals surface area contributed by atoms with Gasteiger partial charge in [0, 0.05) is 26.1 Å². The summed E-state index contributed by atoms with van der Waals surface area (Å²) in [4.78, 5) is 27.5. The van der Waals surface area contributed by atoms with Crippen molar-refractivity contribution >= 4 is 39.1 Å². The van der Waals surface area contributed by atoms with Crippen molar-refractivity contribution in [3.8, 4) is 5.75 Å². The third kappa shape index (κ3) is 8.41. The Labute approximate surface area is 219 Å². The molecule has 0 aliphatic rings. The van der Waals surface area contributed by atoms with E-state index in [0.717, 1.165) is 23.8 Å². The van der Waals surface area contributed by atoms with Crippen molar-refractivity contribution in [1.29, 1.82) is 0 Å². The molecule has 0 fully saturated rings. The molecule has 0 saturated heterocycles. The van der Waals surface area contributed by atoms with Crippen molar-refractivity contribution in [3.63, 3.8) is 0 Å². The van der Waals surface area contributed by atoms with Crippen LogP contribution in [0.1, 0.15) is 44.2 Å². The molecule has 2 aromatic rings. The van der Waals surface area contributed by atoms with Crippen LogP contribution in [0.2, 0.25) is 5.02 Å². The fraction of sp³-hybridized carbons (Fsp3) is 0.462. The Morgan fingerprint density at radius 3 is 2.47 bits per heavy atom. The van der Waals surface area contributed by atoms with Gasteiger partial charge in [-0.3, -0.25) is 13.9 Å².